The molecule has 0 saturated carbocycles. The number of aromatic nitrogens is 2. The first-order chi connectivity index (χ1) is 12.1. The van der Waals surface area contributed by atoms with E-state index >= 15 is 0 Å². The maximum absolute atomic E-state index is 12.9. The highest BCUT2D eigenvalue weighted by Gasteiger charge is 2.50. The van der Waals surface area contributed by atoms with E-state index in [0.717, 1.165) is 44.5 Å². The summed E-state index contributed by atoms with van der Waals surface area (Å²) >= 11 is 0. The number of hydrogen-bond acceptors (Lipinski definition) is 3. The Kier molecular flexibility index (Phi) is 4.12. The van der Waals surface area contributed by atoms with Crippen LogP contribution < -0.4 is 0 Å². The second-order valence-corrected chi connectivity index (χ2v) is 7.59. The van der Waals surface area contributed by atoms with Gasteiger partial charge in [-0.1, -0.05) is 30.3 Å². The van der Waals surface area contributed by atoms with Gasteiger partial charge in [0.25, 0.3) is 0 Å². The lowest BCUT2D eigenvalue weighted by molar-refractivity contribution is -0.131. The van der Waals surface area contributed by atoms with E-state index in [-0.39, 0.29) is 17.4 Å². The van der Waals surface area contributed by atoms with Crippen LogP contribution in [0.4, 0.5) is 0 Å². The second-order valence-electron chi connectivity index (χ2n) is 7.59. The van der Waals surface area contributed by atoms with Crippen LogP contribution in [0, 0.1) is 0 Å². The minimum atomic E-state index is 0.0241. The predicted octanol–water partition coefficient (Wildman–Crippen LogP) is 2.40. The first-order valence-electron chi connectivity index (χ1n) is 9.10. The molecule has 1 aromatic carbocycles. The number of carbonyl (C=O) groups excluding carboxylic acids is 1. The SMILES string of the molecule is CN1C(=O)C(c2ccccc2)CC12CCN(Cc1cnn(C)c1)CC2. The molecule has 132 valence electrons. The lowest BCUT2D eigenvalue weighted by atomic mass is 9.81. The molecule has 1 atom stereocenters. The summed E-state index contributed by atoms with van der Waals surface area (Å²) in [6.07, 6.45) is 7.09. The summed E-state index contributed by atoms with van der Waals surface area (Å²) in [5.74, 6) is 0.308. The highest BCUT2D eigenvalue weighted by Crippen LogP contribution is 2.44. The van der Waals surface area contributed by atoms with Gasteiger partial charge in [0.2, 0.25) is 5.91 Å². The van der Waals surface area contributed by atoms with E-state index in [1.54, 1.807) is 0 Å². The third-order valence-corrected chi connectivity index (χ3v) is 6.08. The molecule has 5 nitrogen and oxygen atoms in total. The number of likely N-dealkylation sites (tertiary alicyclic amines) is 2. The van der Waals surface area contributed by atoms with Crippen molar-refractivity contribution in [1.29, 1.82) is 0 Å². The highest BCUT2D eigenvalue weighted by atomic mass is 16.2. The van der Waals surface area contributed by atoms with Gasteiger partial charge in [-0.15, -0.1) is 0 Å². The molecule has 5 heteroatoms. The quantitative estimate of drug-likeness (QED) is 0.863. The van der Waals surface area contributed by atoms with E-state index in [1.807, 2.05) is 48.1 Å². The minimum absolute atomic E-state index is 0.0241. The lowest BCUT2D eigenvalue weighted by Crippen LogP contribution is -2.51. The van der Waals surface area contributed by atoms with Gasteiger partial charge in [-0.05, 0) is 24.8 Å². The standard InChI is InChI=1S/C20H26N4O/c1-22-14-16(13-21-22)15-24-10-8-20(9-11-24)12-18(19(25)23(20)2)17-6-4-3-5-7-17/h3-7,13-14,18H,8-12,15H2,1-2H3. The second kappa shape index (κ2) is 6.30. The van der Waals surface area contributed by atoms with Crippen LogP contribution in [0.3, 0.4) is 0 Å². The maximum atomic E-state index is 12.9. The molecule has 2 aliphatic heterocycles. The summed E-state index contributed by atoms with van der Waals surface area (Å²) in [6, 6.07) is 10.3. The molecule has 1 unspecified atom stereocenters. The van der Waals surface area contributed by atoms with E-state index < -0.39 is 0 Å². The van der Waals surface area contributed by atoms with Crippen molar-refractivity contribution in [3.05, 3.63) is 53.9 Å². The zero-order valence-corrected chi connectivity index (χ0v) is 15.1. The number of carbonyl (C=O) groups is 1. The first kappa shape index (κ1) is 16.3. The van der Waals surface area contributed by atoms with Gasteiger partial charge in [-0.2, -0.15) is 5.10 Å². The molecular formula is C20H26N4O. The molecule has 0 bridgehead atoms. The van der Waals surface area contributed by atoms with Gasteiger partial charge in [-0.25, -0.2) is 0 Å². The van der Waals surface area contributed by atoms with Crippen molar-refractivity contribution in [2.75, 3.05) is 20.1 Å². The molecular weight excluding hydrogens is 312 g/mol. The third-order valence-electron chi connectivity index (χ3n) is 6.08. The molecule has 1 spiro atoms. The van der Waals surface area contributed by atoms with Crippen LogP contribution in [0.1, 0.15) is 36.3 Å². The van der Waals surface area contributed by atoms with Gasteiger partial charge in [0.05, 0.1) is 12.1 Å². The van der Waals surface area contributed by atoms with Crippen LogP contribution in [0.25, 0.3) is 0 Å². The molecule has 1 amide bonds. The van der Waals surface area contributed by atoms with Crippen LogP contribution in [-0.4, -0.2) is 51.2 Å². The highest BCUT2D eigenvalue weighted by molar-refractivity contribution is 5.87. The molecule has 0 N–H and O–H groups in total. The average molecular weight is 338 g/mol. The van der Waals surface area contributed by atoms with Gasteiger partial charge in [0.1, 0.15) is 0 Å². The van der Waals surface area contributed by atoms with Crippen molar-refractivity contribution in [2.45, 2.75) is 37.3 Å². The number of piperidine rings is 1. The van der Waals surface area contributed by atoms with Crippen molar-refractivity contribution in [2.24, 2.45) is 7.05 Å². The normalized spacial score (nSPS) is 23.5. The number of amides is 1. The summed E-state index contributed by atoms with van der Waals surface area (Å²) in [4.78, 5) is 17.4. The average Bonchev–Trinajstić information content (AvgIpc) is 3.15. The number of nitrogens with zero attached hydrogens (tertiary/aromatic N) is 4. The Bertz CT molecular complexity index is 746. The van der Waals surface area contributed by atoms with Crippen LogP contribution in [0.2, 0.25) is 0 Å². The maximum Gasteiger partial charge on any atom is 0.230 e. The summed E-state index contributed by atoms with van der Waals surface area (Å²) in [7, 11) is 3.96. The molecule has 3 heterocycles. The largest absolute Gasteiger partial charge is 0.339 e. The van der Waals surface area contributed by atoms with Crippen molar-refractivity contribution >= 4 is 5.91 Å². The Morgan fingerprint density at radius 3 is 2.52 bits per heavy atom. The van der Waals surface area contributed by atoms with E-state index in [0.29, 0.717) is 0 Å². The van der Waals surface area contributed by atoms with Gasteiger partial charge in [0.15, 0.2) is 0 Å². The third kappa shape index (κ3) is 2.97. The molecule has 0 aliphatic carbocycles. The smallest absolute Gasteiger partial charge is 0.230 e. The summed E-state index contributed by atoms with van der Waals surface area (Å²) in [5, 5.41) is 4.26. The molecule has 2 aliphatic rings. The Morgan fingerprint density at radius 2 is 1.88 bits per heavy atom. The Morgan fingerprint density at radius 1 is 1.16 bits per heavy atom. The fraction of sp³-hybridized carbons (Fsp3) is 0.500. The lowest BCUT2D eigenvalue weighted by Gasteiger charge is -2.43. The van der Waals surface area contributed by atoms with Crippen LogP contribution in [-0.2, 0) is 18.4 Å². The summed E-state index contributed by atoms with van der Waals surface area (Å²) in [6.45, 7) is 3.02. The first-order valence-corrected chi connectivity index (χ1v) is 9.10. The Labute approximate surface area is 149 Å². The number of benzene rings is 1. The zero-order chi connectivity index (χ0) is 17.4. The Balaban J connectivity index is 1.44. The van der Waals surface area contributed by atoms with Crippen molar-refractivity contribution < 1.29 is 4.79 Å². The van der Waals surface area contributed by atoms with Gasteiger partial charge >= 0.3 is 0 Å². The monoisotopic (exact) mass is 338 g/mol. The van der Waals surface area contributed by atoms with E-state index in [9.17, 15) is 4.79 Å². The summed E-state index contributed by atoms with van der Waals surface area (Å²) in [5.41, 5.74) is 2.45. The number of aryl methyl sites for hydroxylation is 1. The van der Waals surface area contributed by atoms with Gasteiger partial charge in [-0.3, -0.25) is 14.4 Å². The van der Waals surface area contributed by atoms with Gasteiger partial charge < -0.3 is 4.90 Å². The minimum Gasteiger partial charge on any atom is -0.339 e. The summed E-state index contributed by atoms with van der Waals surface area (Å²) < 4.78 is 1.86. The fourth-order valence-electron chi connectivity index (χ4n) is 4.50. The van der Waals surface area contributed by atoms with E-state index in [4.69, 9.17) is 0 Å². The van der Waals surface area contributed by atoms with Crippen molar-refractivity contribution in [3.8, 4) is 0 Å². The van der Waals surface area contributed by atoms with Gasteiger partial charge in [0, 0.05) is 51.0 Å². The topological polar surface area (TPSA) is 41.4 Å². The fourth-order valence-corrected chi connectivity index (χ4v) is 4.50. The molecule has 25 heavy (non-hydrogen) atoms. The molecule has 2 saturated heterocycles. The van der Waals surface area contributed by atoms with E-state index in [1.165, 1.54) is 5.56 Å². The molecule has 4 rings (SSSR count). The van der Waals surface area contributed by atoms with E-state index in [2.05, 4.69) is 28.3 Å². The number of likely N-dealkylation sites (N-methyl/N-ethyl adjacent to an activating group) is 1. The molecule has 2 fully saturated rings. The van der Waals surface area contributed by atoms with Crippen LogP contribution >= 0.6 is 0 Å². The molecule has 1 aromatic heterocycles. The van der Waals surface area contributed by atoms with Crippen molar-refractivity contribution in [3.63, 3.8) is 0 Å². The zero-order valence-electron chi connectivity index (χ0n) is 15.1. The van der Waals surface area contributed by atoms with Crippen LogP contribution in [0.5, 0.6) is 0 Å². The Hall–Kier alpha value is -2.14. The van der Waals surface area contributed by atoms with Crippen molar-refractivity contribution in [1.82, 2.24) is 19.6 Å². The molecule has 2 aromatic rings. The number of rotatable bonds is 3. The predicted molar refractivity (Wildman–Crippen MR) is 97.0 cm³/mol. The molecule has 0 radical (unpaired) electrons. The van der Waals surface area contributed by atoms with Crippen LogP contribution in [0.15, 0.2) is 42.7 Å². The number of hydrogen-bond donors (Lipinski definition) is 0.